The lowest BCUT2D eigenvalue weighted by atomic mass is 10.1. The third-order valence-electron chi connectivity index (χ3n) is 5.57. The first-order chi connectivity index (χ1) is 15.2. The van der Waals surface area contributed by atoms with Crippen molar-refractivity contribution in [3.63, 3.8) is 0 Å². The van der Waals surface area contributed by atoms with E-state index < -0.39 is 0 Å². The van der Waals surface area contributed by atoms with E-state index in [1.807, 2.05) is 24.3 Å². The van der Waals surface area contributed by atoms with Crippen molar-refractivity contribution >= 4 is 17.7 Å². The average molecular weight is 416 g/mol. The average Bonchev–Trinajstić information content (AvgIpc) is 3.49. The van der Waals surface area contributed by atoms with Crippen molar-refractivity contribution in [3.8, 4) is 17.0 Å². The minimum atomic E-state index is -0.0188. The lowest BCUT2D eigenvalue weighted by molar-refractivity contribution is 0.0951. The van der Waals surface area contributed by atoms with Crippen molar-refractivity contribution < 1.29 is 9.53 Å². The van der Waals surface area contributed by atoms with E-state index in [4.69, 9.17) is 10.5 Å². The molecule has 3 heterocycles. The number of anilines is 2. The van der Waals surface area contributed by atoms with E-state index in [0.717, 1.165) is 41.2 Å². The highest BCUT2D eigenvalue weighted by molar-refractivity contribution is 5.94. The molecule has 8 heteroatoms. The van der Waals surface area contributed by atoms with Crippen LogP contribution in [0, 0.1) is 5.92 Å². The highest BCUT2D eigenvalue weighted by Gasteiger charge is 2.24. The number of aromatic nitrogens is 3. The van der Waals surface area contributed by atoms with Gasteiger partial charge in [0.25, 0.3) is 5.91 Å². The van der Waals surface area contributed by atoms with Gasteiger partial charge in [-0.05, 0) is 42.5 Å². The van der Waals surface area contributed by atoms with E-state index in [2.05, 4.69) is 25.6 Å². The van der Waals surface area contributed by atoms with E-state index in [0.29, 0.717) is 30.3 Å². The van der Waals surface area contributed by atoms with Crippen LogP contribution in [-0.4, -0.2) is 34.0 Å². The second-order valence-corrected chi connectivity index (χ2v) is 7.93. The first-order valence-corrected chi connectivity index (χ1v) is 10.5. The summed E-state index contributed by atoms with van der Waals surface area (Å²) in [5.41, 5.74) is 9.94. The van der Waals surface area contributed by atoms with Crippen molar-refractivity contribution in [2.45, 2.75) is 25.8 Å². The molecule has 4 N–H and O–H groups in total. The van der Waals surface area contributed by atoms with Crippen LogP contribution in [0.15, 0.2) is 42.7 Å². The predicted octanol–water partition coefficient (Wildman–Crippen LogP) is 2.81. The molecule has 0 atom stereocenters. The standard InChI is InChI=1S/C23H24N6O2/c24-23-25-8-6-19(29-23)18-13-27-21(17-7-9-31-20(17)18)26-12-15-2-1-3-16(10-15)22(30)28-11-14-4-5-14/h1-3,6,8,10,13-14H,4-5,7,9,11-12H2,(H,26,27)(H,28,30)(H2,24,25,29). The fraction of sp³-hybridized carbons (Fsp3) is 0.304. The van der Waals surface area contributed by atoms with Crippen molar-refractivity contribution in [2.24, 2.45) is 5.92 Å². The van der Waals surface area contributed by atoms with E-state index in [1.54, 1.807) is 18.5 Å². The first-order valence-electron chi connectivity index (χ1n) is 10.5. The number of carbonyl (C=O) groups excluding carboxylic acids is 1. The van der Waals surface area contributed by atoms with Crippen LogP contribution in [0.1, 0.15) is 34.3 Å². The zero-order chi connectivity index (χ0) is 21.2. The van der Waals surface area contributed by atoms with Gasteiger partial charge in [-0.3, -0.25) is 4.79 Å². The summed E-state index contributed by atoms with van der Waals surface area (Å²) < 4.78 is 5.88. The molecule has 158 valence electrons. The zero-order valence-corrected chi connectivity index (χ0v) is 17.1. The van der Waals surface area contributed by atoms with Gasteiger partial charge in [0, 0.05) is 43.0 Å². The number of nitrogens with two attached hydrogens (primary N) is 1. The Balaban J connectivity index is 1.31. The molecule has 1 amide bonds. The minimum absolute atomic E-state index is 0.0188. The lowest BCUT2D eigenvalue weighted by Crippen LogP contribution is -2.25. The van der Waals surface area contributed by atoms with Crippen LogP contribution in [0.25, 0.3) is 11.3 Å². The van der Waals surface area contributed by atoms with Crippen molar-refractivity contribution in [1.29, 1.82) is 0 Å². The number of carbonyl (C=O) groups is 1. The van der Waals surface area contributed by atoms with Gasteiger partial charge >= 0.3 is 0 Å². The topological polar surface area (TPSA) is 115 Å². The monoisotopic (exact) mass is 416 g/mol. The number of nitrogens with zero attached hydrogens (tertiary/aromatic N) is 3. The van der Waals surface area contributed by atoms with Gasteiger partial charge in [-0.15, -0.1) is 0 Å². The molecule has 0 saturated heterocycles. The van der Waals surface area contributed by atoms with Gasteiger partial charge in [-0.2, -0.15) is 0 Å². The van der Waals surface area contributed by atoms with E-state index in [9.17, 15) is 4.79 Å². The quantitative estimate of drug-likeness (QED) is 0.542. The number of rotatable bonds is 7. The van der Waals surface area contributed by atoms with Crippen LogP contribution in [0.4, 0.5) is 11.8 Å². The summed E-state index contributed by atoms with van der Waals surface area (Å²) in [5.74, 6) is 2.42. The molecule has 2 aliphatic rings. The van der Waals surface area contributed by atoms with Crippen LogP contribution in [0.2, 0.25) is 0 Å². The number of pyridine rings is 1. The Bertz CT molecular complexity index is 1130. The van der Waals surface area contributed by atoms with Crippen LogP contribution in [-0.2, 0) is 13.0 Å². The molecule has 0 radical (unpaired) electrons. The maximum Gasteiger partial charge on any atom is 0.251 e. The van der Waals surface area contributed by atoms with Gasteiger partial charge < -0.3 is 21.1 Å². The highest BCUT2D eigenvalue weighted by Crippen LogP contribution is 2.39. The molecule has 8 nitrogen and oxygen atoms in total. The molecule has 1 fully saturated rings. The molecular weight excluding hydrogens is 392 g/mol. The Hall–Kier alpha value is -3.68. The van der Waals surface area contributed by atoms with E-state index in [-0.39, 0.29) is 11.9 Å². The van der Waals surface area contributed by atoms with Gasteiger partial charge in [0.1, 0.15) is 11.6 Å². The number of benzene rings is 1. The molecule has 0 spiro atoms. The molecule has 3 aromatic rings. The van der Waals surface area contributed by atoms with Gasteiger partial charge in [-0.1, -0.05) is 12.1 Å². The molecular formula is C23H24N6O2. The molecule has 1 saturated carbocycles. The normalized spacial score (nSPS) is 14.6. The zero-order valence-electron chi connectivity index (χ0n) is 17.1. The third-order valence-corrected chi connectivity index (χ3v) is 5.57. The van der Waals surface area contributed by atoms with Crippen LogP contribution >= 0.6 is 0 Å². The Morgan fingerprint density at radius 1 is 1.23 bits per heavy atom. The minimum Gasteiger partial charge on any atom is -0.492 e. The van der Waals surface area contributed by atoms with Crippen LogP contribution < -0.4 is 21.1 Å². The number of ether oxygens (including phenoxy) is 1. The molecule has 2 aromatic heterocycles. The second kappa shape index (κ2) is 8.22. The number of hydrogen-bond donors (Lipinski definition) is 3. The fourth-order valence-corrected chi connectivity index (χ4v) is 3.72. The second-order valence-electron chi connectivity index (χ2n) is 7.93. The molecule has 31 heavy (non-hydrogen) atoms. The summed E-state index contributed by atoms with van der Waals surface area (Å²) >= 11 is 0. The molecule has 1 aliphatic carbocycles. The smallest absolute Gasteiger partial charge is 0.251 e. The largest absolute Gasteiger partial charge is 0.492 e. The molecule has 0 unspecified atom stereocenters. The fourth-order valence-electron chi connectivity index (χ4n) is 3.72. The summed E-state index contributed by atoms with van der Waals surface area (Å²) in [6.45, 7) is 1.92. The van der Waals surface area contributed by atoms with Crippen molar-refractivity contribution in [3.05, 3.63) is 59.4 Å². The molecule has 1 aromatic carbocycles. The van der Waals surface area contributed by atoms with Crippen LogP contribution in [0.3, 0.4) is 0 Å². The number of hydrogen-bond acceptors (Lipinski definition) is 7. The Labute approximate surface area is 180 Å². The maximum absolute atomic E-state index is 12.4. The molecule has 0 bridgehead atoms. The van der Waals surface area contributed by atoms with Gasteiger partial charge in [0.2, 0.25) is 5.95 Å². The highest BCUT2D eigenvalue weighted by atomic mass is 16.5. The maximum atomic E-state index is 12.4. The lowest BCUT2D eigenvalue weighted by Gasteiger charge is -2.13. The Morgan fingerprint density at radius 3 is 2.97 bits per heavy atom. The first kappa shape index (κ1) is 19.3. The molecule has 1 aliphatic heterocycles. The summed E-state index contributed by atoms with van der Waals surface area (Å²) in [6, 6.07) is 9.47. The van der Waals surface area contributed by atoms with Crippen molar-refractivity contribution in [2.75, 3.05) is 24.2 Å². The van der Waals surface area contributed by atoms with E-state index >= 15 is 0 Å². The number of amides is 1. The van der Waals surface area contributed by atoms with E-state index in [1.165, 1.54) is 12.8 Å². The van der Waals surface area contributed by atoms with Gasteiger partial charge in [-0.25, -0.2) is 15.0 Å². The third kappa shape index (κ3) is 4.28. The number of fused-ring (bicyclic) bond motifs is 1. The Kier molecular flexibility index (Phi) is 5.11. The summed E-state index contributed by atoms with van der Waals surface area (Å²) in [4.78, 5) is 25.2. The SMILES string of the molecule is Nc1nccc(-c2cnc(NCc3cccc(C(=O)NCC4CC4)c3)c3c2OCC3)n1. The number of nitrogen functional groups attached to an aromatic ring is 1. The summed E-state index contributed by atoms with van der Waals surface area (Å²) in [7, 11) is 0. The molecule has 5 rings (SSSR count). The van der Waals surface area contributed by atoms with Crippen molar-refractivity contribution in [1.82, 2.24) is 20.3 Å². The van der Waals surface area contributed by atoms with Crippen LogP contribution in [0.5, 0.6) is 5.75 Å². The Morgan fingerprint density at radius 2 is 2.13 bits per heavy atom. The van der Waals surface area contributed by atoms with Gasteiger partial charge in [0.05, 0.1) is 17.9 Å². The predicted molar refractivity (Wildman–Crippen MR) is 118 cm³/mol. The summed E-state index contributed by atoms with van der Waals surface area (Å²) in [5, 5.41) is 6.41. The van der Waals surface area contributed by atoms with Gasteiger partial charge in [0.15, 0.2) is 0 Å². The summed E-state index contributed by atoms with van der Waals surface area (Å²) in [6.07, 6.45) is 6.57. The number of nitrogens with one attached hydrogen (secondary N) is 2.